The first-order valence-corrected chi connectivity index (χ1v) is 39.2. The average molecular weight is 1440 g/mol. The molecule has 546 valence electrons. The minimum atomic E-state index is -0.156. The van der Waals surface area contributed by atoms with E-state index >= 15 is 0 Å². The fourth-order valence-corrected chi connectivity index (χ4v) is 10.7. The van der Waals surface area contributed by atoms with Gasteiger partial charge >= 0.3 is 0 Å². The van der Waals surface area contributed by atoms with Crippen molar-refractivity contribution in [2.24, 2.45) is 0 Å². The second-order valence-electron chi connectivity index (χ2n) is 27.4. The van der Waals surface area contributed by atoms with E-state index in [9.17, 15) is 4.39 Å². The van der Waals surface area contributed by atoms with Crippen molar-refractivity contribution < 1.29 is 9.13 Å². The van der Waals surface area contributed by atoms with Crippen LogP contribution >= 0.6 is 27.5 Å². The first-order valence-electron chi connectivity index (χ1n) is 38.1. The van der Waals surface area contributed by atoms with Crippen LogP contribution in [-0.4, -0.2) is 7.11 Å². The summed E-state index contributed by atoms with van der Waals surface area (Å²) in [7, 11) is 1.69. The zero-order valence-corrected chi connectivity index (χ0v) is 69.0. The number of rotatable bonds is 20. The summed E-state index contributed by atoms with van der Waals surface area (Å²) >= 11 is 9.18. The molecule has 0 heterocycles. The Morgan fingerprint density at radius 1 is 0.320 bits per heavy atom. The molecule has 0 aliphatic carbocycles. The molecule has 9 aromatic carbocycles. The molecule has 0 N–H and O–H groups in total. The second-order valence-corrected chi connectivity index (χ2v) is 28.8. The molecule has 0 aliphatic rings. The number of halogens is 3. The zero-order chi connectivity index (χ0) is 75.0. The van der Waals surface area contributed by atoms with Gasteiger partial charge in [-0.2, -0.15) is 0 Å². The van der Waals surface area contributed by atoms with Crippen LogP contribution in [0.5, 0.6) is 5.75 Å². The lowest BCUT2D eigenvalue weighted by Gasteiger charge is -2.11. The zero-order valence-electron chi connectivity index (χ0n) is 66.7. The van der Waals surface area contributed by atoms with E-state index < -0.39 is 0 Å². The molecule has 0 aliphatic heterocycles. The van der Waals surface area contributed by atoms with Gasteiger partial charge in [-0.25, -0.2) is 4.39 Å². The van der Waals surface area contributed by atoms with Crippen molar-refractivity contribution >= 4 is 27.5 Å². The van der Waals surface area contributed by atoms with Crippen LogP contribution in [0, 0.1) is 26.6 Å². The molecule has 0 radical (unpaired) electrons. The molecule has 4 heteroatoms. The molecule has 0 saturated heterocycles. The van der Waals surface area contributed by atoms with Crippen LogP contribution in [0.25, 0.3) is 0 Å². The molecule has 9 rings (SSSR count). The summed E-state index contributed by atoms with van der Waals surface area (Å²) in [5.74, 6) is 6.82. The Morgan fingerprint density at radius 2 is 0.630 bits per heavy atom. The first-order chi connectivity index (χ1) is 47.8. The lowest BCUT2D eigenvalue weighted by atomic mass is 9.95. The Kier molecular flexibility index (Phi) is 49.6. The highest BCUT2D eigenvalue weighted by atomic mass is 79.9. The molecule has 9 unspecified atom stereocenters. The van der Waals surface area contributed by atoms with E-state index in [0.29, 0.717) is 53.3 Å². The van der Waals surface area contributed by atoms with Gasteiger partial charge in [0.1, 0.15) is 11.6 Å². The summed E-state index contributed by atoms with van der Waals surface area (Å²) in [6.07, 6.45) is 12.0. The minimum absolute atomic E-state index is 0.156. The lowest BCUT2D eigenvalue weighted by Crippen LogP contribution is -1.93. The van der Waals surface area contributed by atoms with E-state index in [1.165, 1.54) is 136 Å². The minimum Gasteiger partial charge on any atom is -0.497 e. The van der Waals surface area contributed by atoms with Gasteiger partial charge in [0.25, 0.3) is 0 Å². The number of ether oxygens (including phenoxy) is 1. The van der Waals surface area contributed by atoms with E-state index in [4.69, 9.17) is 16.3 Å². The number of methoxy groups -OCH3 is 1. The van der Waals surface area contributed by atoms with Crippen LogP contribution in [0.3, 0.4) is 0 Å². The van der Waals surface area contributed by atoms with Crippen molar-refractivity contribution in [1.82, 2.24) is 0 Å². The summed E-state index contributed by atoms with van der Waals surface area (Å²) in [6, 6.07) is 77.5. The SMILES string of the molecule is CCC(C)c1ccc(Br)cc1.CCC(C)c1ccc(C)cc1.CCC(C)c1ccc(Cl)cc1.CCC(C)c1ccc(F)cc1.CCC(C)c1ccc(OC)cc1.CCC(C)c1cccc(C)c1.CCC(C)c1ccccc1.CCC(C)c1ccccc1C.CCc1ccc(C(C)CC)cc1. The molecule has 1 nitrogen and oxygen atoms in total. The smallest absolute Gasteiger partial charge is 0.123 e. The lowest BCUT2D eigenvalue weighted by molar-refractivity contribution is 0.414. The van der Waals surface area contributed by atoms with Crippen molar-refractivity contribution in [2.45, 2.75) is 270 Å². The fraction of sp³-hybridized carbons (Fsp3) is 0.438. The van der Waals surface area contributed by atoms with Gasteiger partial charge in [-0.1, -0.05) is 346 Å². The molecule has 0 fully saturated rings. The second kappa shape index (κ2) is 54.2. The van der Waals surface area contributed by atoms with Gasteiger partial charge in [0, 0.05) is 9.50 Å². The number of hydrogen-bond acceptors (Lipinski definition) is 1. The van der Waals surface area contributed by atoms with Crippen molar-refractivity contribution in [1.29, 1.82) is 0 Å². The maximum absolute atomic E-state index is 12.5. The molecule has 0 spiro atoms. The van der Waals surface area contributed by atoms with Crippen LogP contribution in [0.2, 0.25) is 5.02 Å². The van der Waals surface area contributed by atoms with Crippen LogP contribution in [0.4, 0.5) is 4.39 Å². The van der Waals surface area contributed by atoms with Crippen molar-refractivity contribution in [3.8, 4) is 5.75 Å². The van der Waals surface area contributed by atoms with Gasteiger partial charge in [-0.05, 0) is 248 Å². The highest BCUT2D eigenvalue weighted by Crippen LogP contribution is 2.27. The molecule has 0 saturated carbocycles. The van der Waals surface area contributed by atoms with Gasteiger partial charge in [0.05, 0.1) is 7.11 Å². The van der Waals surface area contributed by atoms with Crippen LogP contribution in [-0.2, 0) is 6.42 Å². The van der Waals surface area contributed by atoms with E-state index in [0.717, 1.165) is 28.1 Å². The quantitative estimate of drug-likeness (QED) is 0.0739. The Balaban J connectivity index is 0.000000563. The predicted molar refractivity (Wildman–Crippen MR) is 449 cm³/mol. The summed E-state index contributed by atoms with van der Waals surface area (Å²) in [6.45, 7) is 48.8. The van der Waals surface area contributed by atoms with Gasteiger partial charge in [0.15, 0.2) is 0 Å². The topological polar surface area (TPSA) is 9.23 Å². The van der Waals surface area contributed by atoms with Crippen LogP contribution in [0.15, 0.2) is 229 Å². The maximum atomic E-state index is 12.5. The molecule has 100 heavy (non-hydrogen) atoms. The fourth-order valence-electron chi connectivity index (χ4n) is 10.3. The number of benzene rings is 9. The third-order valence-corrected chi connectivity index (χ3v) is 20.6. The normalized spacial score (nSPS) is 12.9. The standard InChI is InChI=1S/C12H18.C11H16O.3C11H16.C10H13Br.C10H13Cl.C10H13F.C10H14/c1-4-10(3)12-8-6-11(5-2)7-9-12;1-4-9(2)10-5-7-11(12-3)8-6-10;1-4-10(3)11-7-5-9(2)6-8-11;1-4-10(3)11-7-5-6-9(2)8-11;1-4-9(2)11-8-6-5-7-10(11)3;3*1-3-8(2)9-4-6-10(11)7-5-9;1-3-9(2)10-7-5-4-6-8-10/h6-10H,4-5H2,1-3H3;5-9H,4H2,1-3H3;2*5-8,10H,4H2,1-3H3;5-9H,4H2,1-3H3;3*4-8H,3H2,1-2H3;4-9H,3H2,1-2H3. The monoisotopic (exact) mass is 1440 g/mol. The van der Waals surface area contributed by atoms with E-state index in [2.05, 4.69) is 344 Å². The molecule has 9 atom stereocenters. The third-order valence-electron chi connectivity index (χ3n) is 19.8. The highest BCUT2D eigenvalue weighted by Gasteiger charge is 2.08. The van der Waals surface area contributed by atoms with Crippen molar-refractivity contribution in [2.75, 3.05) is 7.11 Å². The predicted octanol–water partition coefficient (Wildman–Crippen LogP) is 31.9. The van der Waals surface area contributed by atoms with Crippen molar-refractivity contribution in [3.63, 3.8) is 0 Å². The third kappa shape index (κ3) is 37.9. The van der Waals surface area contributed by atoms with Gasteiger partial charge < -0.3 is 4.74 Å². The molecule has 0 bridgehead atoms. The van der Waals surface area contributed by atoms with E-state index in [1.807, 2.05) is 36.4 Å². The summed E-state index contributed by atoms with van der Waals surface area (Å²) in [5, 5.41) is 0.817. The Bertz CT molecular complexity index is 3130. The van der Waals surface area contributed by atoms with Gasteiger partial charge in [0.2, 0.25) is 0 Å². The number of aryl methyl sites for hydroxylation is 4. The Labute approximate surface area is 627 Å². The van der Waals surface area contributed by atoms with Crippen molar-refractivity contribution in [3.05, 3.63) is 312 Å². The molecular weight excluding hydrogens is 1300 g/mol. The number of hydrogen-bond donors (Lipinski definition) is 0. The Hall–Kier alpha value is -6.52. The molecular formula is C96H135BrClFO. The van der Waals surface area contributed by atoms with Gasteiger partial charge in [-0.3, -0.25) is 0 Å². The van der Waals surface area contributed by atoms with E-state index in [-0.39, 0.29) is 5.82 Å². The molecule has 0 aromatic heterocycles. The van der Waals surface area contributed by atoms with Crippen LogP contribution < -0.4 is 4.74 Å². The maximum Gasteiger partial charge on any atom is 0.123 e. The summed E-state index contributed by atoms with van der Waals surface area (Å²) in [4.78, 5) is 0. The average Bonchev–Trinajstić information content (AvgIpc) is 0.986. The summed E-state index contributed by atoms with van der Waals surface area (Å²) in [5.41, 5.74) is 18.3. The molecule has 0 amide bonds. The first kappa shape index (κ1) is 91.5. The molecule has 9 aromatic rings. The van der Waals surface area contributed by atoms with E-state index in [1.54, 1.807) is 7.11 Å². The largest absolute Gasteiger partial charge is 0.497 e. The highest BCUT2D eigenvalue weighted by molar-refractivity contribution is 9.10. The van der Waals surface area contributed by atoms with Gasteiger partial charge in [-0.15, -0.1) is 0 Å². The van der Waals surface area contributed by atoms with Crippen LogP contribution in [0.1, 0.15) is 315 Å². The summed E-state index contributed by atoms with van der Waals surface area (Å²) < 4.78 is 18.7. The Morgan fingerprint density at radius 3 is 0.990 bits per heavy atom.